The van der Waals surface area contributed by atoms with Crippen LogP contribution in [0.2, 0.25) is 0 Å². The van der Waals surface area contributed by atoms with Crippen molar-refractivity contribution >= 4 is 24.0 Å². The van der Waals surface area contributed by atoms with Gasteiger partial charge >= 0.3 is 7.47 Å². The van der Waals surface area contributed by atoms with Gasteiger partial charge in [0.05, 0.1) is 5.56 Å². The van der Waals surface area contributed by atoms with E-state index in [1.807, 2.05) is 0 Å². The highest BCUT2D eigenvalue weighted by atomic mass is 19.2. The molecule has 0 heterocycles. The molecule has 0 bridgehead atoms. The molecule has 2 aromatic carbocycles. The van der Waals surface area contributed by atoms with Crippen LogP contribution in [0.15, 0.2) is 36.4 Å². The van der Waals surface area contributed by atoms with Crippen molar-refractivity contribution in [1.29, 1.82) is 0 Å². The number of fused-ring (bicyclic) bond motifs is 1. The number of Topliss-reactive ketones (excluding diaryl/α,β-unsaturated/α-hetero) is 1. The number of benzene rings is 2. The predicted molar refractivity (Wildman–Crippen MR) is 62.6 cm³/mol. The maximum Gasteiger partial charge on any atom is 0.796 e. The molecule has 0 aliphatic carbocycles. The third-order valence-electron chi connectivity index (χ3n) is 2.47. The normalized spacial score (nSPS) is 10.3. The topological polar surface area (TPSA) is 26.3 Å². The van der Waals surface area contributed by atoms with E-state index in [9.17, 15) is 13.4 Å². The van der Waals surface area contributed by atoms with Crippen LogP contribution in [0.5, 0.6) is 5.75 Å². The van der Waals surface area contributed by atoms with Gasteiger partial charge in [0.15, 0.2) is 5.78 Å². The summed E-state index contributed by atoms with van der Waals surface area (Å²) in [5, 5.41) is 1.27. The zero-order chi connectivity index (χ0) is 12.4. The summed E-state index contributed by atoms with van der Waals surface area (Å²) in [5.41, 5.74) is 0.170. The first-order chi connectivity index (χ1) is 8.09. The average Bonchev–Trinajstić information content (AvgIpc) is 2.28. The van der Waals surface area contributed by atoms with E-state index in [1.165, 1.54) is 13.0 Å². The van der Waals surface area contributed by atoms with Crippen LogP contribution in [-0.2, 0) is 0 Å². The fourth-order valence-corrected chi connectivity index (χ4v) is 1.74. The Morgan fingerprint density at radius 1 is 1.18 bits per heavy atom. The minimum absolute atomic E-state index is 0.0504. The van der Waals surface area contributed by atoms with Gasteiger partial charge in [-0.1, -0.05) is 30.3 Å². The van der Waals surface area contributed by atoms with E-state index in [0.717, 1.165) is 5.39 Å². The molecule has 0 aliphatic heterocycles. The molecule has 0 aliphatic rings. The highest BCUT2D eigenvalue weighted by Gasteiger charge is 2.22. The number of hydrogen-bond donors (Lipinski definition) is 0. The molecule has 2 rings (SSSR count). The Morgan fingerprint density at radius 3 is 2.53 bits per heavy atom. The second-order valence-electron chi connectivity index (χ2n) is 3.60. The Labute approximate surface area is 97.4 Å². The van der Waals surface area contributed by atoms with Gasteiger partial charge in [-0.3, -0.25) is 4.79 Å². The van der Waals surface area contributed by atoms with Gasteiger partial charge in [0.25, 0.3) is 0 Å². The first-order valence-corrected chi connectivity index (χ1v) is 5.07. The summed E-state index contributed by atoms with van der Waals surface area (Å²) in [6.07, 6.45) is 0. The van der Waals surface area contributed by atoms with Crippen molar-refractivity contribution in [3.05, 3.63) is 42.0 Å². The highest BCUT2D eigenvalue weighted by molar-refractivity contribution is 6.36. The Balaban J connectivity index is 2.70. The van der Waals surface area contributed by atoms with Crippen LogP contribution >= 0.6 is 0 Å². The van der Waals surface area contributed by atoms with E-state index in [-0.39, 0.29) is 17.1 Å². The minimum Gasteiger partial charge on any atom is -0.504 e. The third kappa shape index (κ3) is 2.28. The molecular formula is C12H9BF2O2. The van der Waals surface area contributed by atoms with Crippen LogP contribution in [-0.4, -0.2) is 13.3 Å². The Bertz CT molecular complexity index is 569. The number of ketones is 1. The standard InChI is InChI=1S/C12H9BF2O2/c1-8(16)10-7-6-9-4-2-3-5-11(9)12(10)17-13(14)15/h2-7H,1H3. The lowest BCUT2D eigenvalue weighted by Crippen LogP contribution is -2.11. The molecule has 0 atom stereocenters. The lowest BCUT2D eigenvalue weighted by atomic mass is 10.0. The molecule has 0 aromatic heterocycles. The smallest absolute Gasteiger partial charge is 0.504 e. The molecule has 2 nitrogen and oxygen atoms in total. The van der Waals surface area contributed by atoms with Crippen LogP contribution in [0.4, 0.5) is 8.63 Å². The molecule has 0 fully saturated rings. The minimum atomic E-state index is -2.95. The monoisotopic (exact) mass is 234 g/mol. The Hall–Kier alpha value is -1.91. The number of rotatable bonds is 3. The summed E-state index contributed by atoms with van der Waals surface area (Å²) in [7, 11) is -2.95. The molecule has 17 heavy (non-hydrogen) atoms. The van der Waals surface area contributed by atoms with Crippen LogP contribution in [0.3, 0.4) is 0 Å². The first-order valence-electron chi connectivity index (χ1n) is 5.07. The van der Waals surface area contributed by atoms with E-state index < -0.39 is 7.47 Å². The van der Waals surface area contributed by atoms with Crippen molar-refractivity contribution in [2.45, 2.75) is 6.92 Å². The molecule has 0 saturated carbocycles. The van der Waals surface area contributed by atoms with Gasteiger partial charge in [-0.25, -0.2) is 8.63 Å². The van der Waals surface area contributed by atoms with Crippen molar-refractivity contribution in [3.63, 3.8) is 0 Å². The molecule has 0 unspecified atom stereocenters. The highest BCUT2D eigenvalue weighted by Crippen LogP contribution is 2.30. The number of carbonyl (C=O) groups excluding carboxylic acids is 1. The van der Waals surface area contributed by atoms with Crippen LogP contribution in [0, 0.1) is 0 Å². The second-order valence-corrected chi connectivity index (χ2v) is 3.60. The average molecular weight is 234 g/mol. The first kappa shape index (κ1) is 11.6. The lowest BCUT2D eigenvalue weighted by Gasteiger charge is -2.11. The van der Waals surface area contributed by atoms with Gasteiger partial charge in [-0.15, -0.1) is 0 Å². The summed E-state index contributed by atoms with van der Waals surface area (Å²) in [5.74, 6) is -0.350. The van der Waals surface area contributed by atoms with E-state index in [0.29, 0.717) is 5.39 Å². The molecule has 0 N–H and O–H groups in total. The van der Waals surface area contributed by atoms with Crippen molar-refractivity contribution in [2.75, 3.05) is 0 Å². The number of halogens is 2. The summed E-state index contributed by atoms with van der Waals surface area (Å²) >= 11 is 0. The maximum atomic E-state index is 12.4. The Morgan fingerprint density at radius 2 is 1.88 bits per heavy atom. The van der Waals surface area contributed by atoms with Crippen LogP contribution in [0.25, 0.3) is 10.8 Å². The molecule has 0 spiro atoms. The molecule has 0 saturated heterocycles. The van der Waals surface area contributed by atoms with Gasteiger partial charge in [0.1, 0.15) is 5.75 Å². The van der Waals surface area contributed by atoms with Gasteiger partial charge in [-0.2, -0.15) is 0 Å². The number of hydrogen-bond acceptors (Lipinski definition) is 2. The van der Waals surface area contributed by atoms with Crippen molar-refractivity contribution in [1.82, 2.24) is 0 Å². The molecule has 86 valence electrons. The summed E-state index contributed by atoms with van der Waals surface area (Å²) < 4.78 is 29.2. The molecular weight excluding hydrogens is 225 g/mol. The van der Waals surface area contributed by atoms with E-state index in [4.69, 9.17) is 0 Å². The summed E-state index contributed by atoms with van der Waals surface area (Å²) in [6, 6.07) is 10.1. The Kier molecular flexibility index (Phi) is 3.09. The fourth-order valence-electron chi connectivity index (χ4n) is 1.74. The summed E-state index contributed by atoms with van der Waals surface area (Å²) in [6.45, 7) is 1.32. The van der Waals surface area contributed by atoms with Gasteiger partial charge < -0.3 is 4.65 Å². The summed E-state index contributed by atoms with van der Waals surface area (Å²) in [4.78, 5) is 11.4. The van der Waals surface area contributed by atoms with E-state index in [2.05, 4.69) is 4.65 Å². The molecule has 2 aromatic rings. The molecule has 5 heteroatoms. The lowest BCUT2D eigenvalue weighted by molar-refractivity contribution is 0.101. The fraction of sp³-hybridized carbons (Fsp3) is 0.0833. The predicted octanol–water partition coefficient (Wildman–Crippen LogP) is 3.35. The van der Waals surface area contributed by atoms with Gasteiger partial charge in [0.2, 0.25) is 0 Å². The van der Waals surface area contributed by atoms with Crippen molar-refractivity contribution in [3.8, 4) is 5.75 Å². The zero-order valence-corrected chi connectivity index (χ0v) is 9.11. The molecule has 0 amide bonds. The quantitative estimate of drug-likeness (QED) is 0.601. The molecule has 0 radical (unpaired) electrons. The van der Waals surface area contributed by atoms with Crippen molar-refractivity contribution in [2.24, 2.45) is 0 Å². The largest absolute Gasteiger partial charge is 0.796 e. The zero-order valence-electron chi connectivity index (χ0n) is 9.11. The van der Waals surface area contributed by atoms with E-state index in [1.54, 1.807) is 30.3 Å². The van der Waals surface area contributed by atoms with Gasteiger partial charge in [-0.05, 0) is 18.4 Å². The maximum absolute atomic E-state index is 12.4. The van der Waals surface area contributed by atoms with Crippen LogP contribution < -0.4 is 4.65 Å². The van der Waals surface area contributed by atoms with Crippen molar-refractivity contribution < 1.29 is 18.1 Å². The van der Waals surface area contributed by atoms with Gasteiger partial charge in [0, 0.05) is 5.39 Å². The van der Waals surface area contributed by atoms with Crippen LogP contribution in [0.1, 0.15) is 17.3 Å². The second kappa shape index (κ2) is 4.53. The van der Waals surface area contributed by atoms with E-state index >= 15 is 0 Å². The number of carbonyl (C=O) groups is 1. The SMILES string of the molecule is CC(=O)c1ccc2ccccc2c1OB(F)F. The third-order valence-corrected chi connectivity index (χ3v) is 2.47.